The number of hydrogen-bond donors (Lipinski definition) is 1. The summed E-state index contributed by atoms with van der Waals surface area (Å²) in [5, 5.41) is 10.7. The number of nitrogen functional groups attached to an aromatic ring is 1. The predicted octanol–water partition coefficient (Wildman–Crippen LogP) is 1.11. The van der Waals surface area contributed by atoms with E-state index in [-0.39, 0.29) is 5.69 Å². The number of non-ortho nitro benzene ring substituents is 1. The first-order valence-corrected chi connectivity index (χ1v) is 4.65. The van der Waals surface area contributed by atoms with Crippen LogP contribution in [0.25, 0.3) is 0 Å². The van der Waals surface area contributed by atoms with Crippen molar-refractivity contribution in [3.63, 3.8) is 0 Å². The highest BCUT2D eigenvalue weighted by molar-refractivity contribution is 6.03. The molecule has 0 heterocycles. The van der Waals surface area contributed by atoms with Crippen LogP contribution in [0, 0.1) is 10.1 Å². The van der Waals surface area contributed by atoms with Gasteiger partial charge in [0.1, 0.15) is 5.84 Å². The maximum Gasteiger partial charge on any atom is 0.270 e. The molecule has 0 radical (unpaired) electrons. The van der Waals surface area contributed by atoms with Gasteiger partial charge in [0.25, 0.3) is 5.69 Å². The van der Waals surface area contributed by atoms with Crippen LogP contribution in [0.4, 0.5) is 11.4 Å². The van der Waals surface area contributed by atoms with Gasteiger partial charge >= 0.3 is 0 Å². The molecular weight excluding hydrogens is 208 g/mol. The van der Waals surface area contributed by atoms with Gasteiger partial charge in [-0.3, -0.25) is 15.1 Å². The maximum atomic E-state index is 10.7. The largest absolute Gasteiger partial charge is 0.398 e. The average Bonchev–Trinajstić information content (AvgIpc) is 2.20. The van der Waals surface area contributed by atoms with E-state index in [1.807, 2.05) is 0 Å². The average molecular weight is 222 g/mol. The lowest BCUT2D eigenvalue weighted by atomic mass is 10.1. The molecule has 0 saturated carbocycles. The number of nitrogens with two attached hydrogens (primary N) is 1. The highest BCUT2D eigenvalue weighted by Gasteiger charge is 2.14. The van der Waals surface area contributed by atoms with Crippen molar-refractivity contribution in [2.24, 2.45) is 4.99 Å². The van der Waals surface area contributed by atoms with Crippen LogP contribution < -0.4 is 5.73 Å². The van der Waals surface area contributed by atoms with Crippen molar-refractivity contribution in [3.8, 4) is 0 Å². The first-order valence-electron chi connectivity index (χ1n) is 4.65. The Labute approximate surface area is 93.5 Å². The Morgan fingerprint density at radius 2 is 2.12 bits per heavy atom. The third-order valence-corrected chi connectivity index (χ3v) is 2.12. The molecule has 2 N–H and O–H groups in total. The maximum absolute atomic E-state index is 10.7. The molecule has 0 aliphatic carbocycles. The second kappa shape index (κ2) is 4.61. The summed E-state index contributed by atoms with van der Waals surface area (Å²) < 4.78 is 0. The lowest BCUT2D eigenvalue weighted by Crippen LogP contribution is -2.24. The number of nitro benzene ring substituents is 1. The molecule has 6 heteroatoms. The van der Waals surface area contributed by atoms with Crippen LogP contribution in [0.2, 0.25) is 0 Å². The summed E-state index contributed by atoms with van der Waals surface area (Å²) in [4.78, 5) is 16.0. The van der Waals surface area contributed by atoms with E-state index in [2.05, 4.69) is 4.99 Å². The van der Waals surface area contributed by atoms with Gasteiger partial charge in [-0.15, -0.1) is 0 Å². The zero-order valence-corrected chi connectivity index (χ0v) is 9.47. The van der Waals surface area contributed by atoms with Crippen molar-refractivity contribution in [1.29, 1.82) is 0 Å². The first-order chi connectivity index (χ1) is 7.47. The zero-order chi connectivity index (χ0) is 12.3. The summed E-state index contributed by atoms with van der Waals surface area (Å²) in [6, 6.07) is 4.32. The number of benzene rings is 1. The van der Waals surface area contributed by atoms with Crippen molar-refractivity contribution in [2.75, 3.05) is 26.9 Å². The summed E-state index contributed by atoms with van der Waals surface area (Å²) in [6.45, 7) is 0. The fraction of sp³-hybridized carbons (Fsp3) is 0.300. The van der Waals surface area contributed by atoms with Crippen molar-refractivity contribution in [2.45, 2.75) is 0 Å². The van der Waals surface area contributed by atoms with Crippen LogP contribution >= 0.6 is 0 Å². The normalized spacial score (nSPS) is 11.3. The van der Waals surface area contributed by atoms with Crippen LogP contribution in [-0.4, -0.2) is 36.8 Å². The summed E-state index contributed by atoms with van der Waals surface area (Å²) in [7, 11) is 5.23. The third-order valence-electron chi connectivity index (χ3n) is 2.12. The Morgan fingerprint density at radius 3 is 2.56 bits per heavy atom. The Hall–Kier alpha value is -2.11. The standard InChI is InChI=1S/C10H14N4O2/c1-12-10(13(2)3)8-6-7(14(15)16)4-5-9(8)11/h4-6H,11H2,1-3H3. The molecule has 0 aliphatic rings. The highest BCUT2D eigenvalue weighted by atomic mass is 16.6. The number of anilines is 1. The number of aliphatic imine (C=N–C) groups is 1. The molecule has 6 nitrogen and oxygen atoms in total. The van der Waals surface area contributed by atoms with E-state index in [9.17, 15) is 10.1 Å². The van der Waals surface area contributed by atoms with Gasteiger partial charge in [0.15, 0.2) is 0 Å². The molecule has 0 aliphatic heterocycles. The molecule has 86 valence electrons. The number of nitrogens with zero attached hydrogens (tertiary/aromatic N) is 3. The molecule has 16 heavy (non-hydrogen) atoms. The Kier molecular flexibility index (Phi) is 3.44. The number of hydrogen-bond acceptors (Lipinski definition) is 4. The van der Waals surface area contributed by atoms with Crippen LogP contribution in [0.3, 0.4) is 0 Å². The van der Waals surface area contributed by atoms with Gasteiger partial charge < -0.3 is 10.6 Å². The molecule has 0 spiro atoms. The summed E-state index contributed by atoms with van der Waals surface area (Å²) in [5.41, 5.74) is 6.82. The van der Waals surface area contributed by atoms with Crippen LogP contribution in [0.15, 0.2) is 23.2 Å². The summed E-state index contributed by atoms with van der Waals surface area (Å²) in [5.74, 6) is 0.612. The van der Waals surface area contributed by atoms with Crippen LogP contribution in [0.5, 0.6) is 0 Å². The first kappa shape index (κ1) is 12.0. The van der Waals surface area contributed by atoms with E-state index >= 15 is 0 Å². The quantitative estimate of drug-likeness (QED) is 0.267. The molecule has 0 fully saturated rings. The summed E-state index contributed by atoms with van der Waals surface area (Å²) >= 11 is 0. The molecule has 0 aromatic heterocycles. The third kappa shape index (κ3) is 2.28. The predicted molar refractivity (Wildman–Crippen MR) is 63.7 cm³/mol. The topological polar surface area (TPSA) is 84.8 Å². The van der Waals surface area contributed by atoms with Crippen molar-refractivity contribution >= 4 is 17.2 Å². The minimum Gasteiger partial charge on any atom is -0.398 e. The molecule has 1 rings (SSSR count). The fourth-order valence-electron chi connectivity index (χ4n) is 1.41. The van der Waals surface area contributed by atoms with Gasteiger partial charge in [-0.2, -0.15) is 0 Å². The molecule has 0 unspecified atom stereocenters. The van der Waals surface area contributed by atoms with Crippen LogP contribution in [-0.2, 0) is 0 Å². The van der Waals surface area contributed by atoms with E-state index in [1.165, 1.54) is 18.2 Å². The van der Waals surface area contributed by atoms with E-state index in [0.717, 1.165) is 0 Å². The van der Waals surface area contributed by atoms with Crippen molar-refractivity contribution < 1.29 is 4.92 Å². The lowest BCUT2D eigenvalue weighted by Gasteiger charge is -2.16. The Bertz CT molecular complexity index is 440. The SMILES string of the molecule is CN=C(c1cc([N+](=O)[O-])ccc1N)N(C)C. The minimum atomic E-state index is -0.453. The molecule has 0 bridgehead atoms. The molecular formula is C10H14N4O2. The second-order valence-electron chi connectivity index (χ2n) is 3.47. The minimum absolute atomic E-state index is 0.00667. The Balaban J connectivity index is 3.31. The number of rotatable bonds is 2. The lowest BCUT2D eigenvalue weighted by molar-refractivity contribution is -0.384. The van der Waals surface area contributed by atoms with Gasteiger partial charge in [-0.05, 0) is 6.07 Å². The van der Waals surface area contributed by atoms with Gasteiger partial charge in [0.2, 0.25) is 0 Å². The second-order valence-corrected chi connectivity index (χ2v) is 3.47. The Morgan fingerprint density at radius 1 is 1.50 bits per heavy atom. The monoisotopic (exact) mass is 222 g/mol. The van der Waals surface area contributed by atoms with Gasteiger partial charge in [-0.25, -0.2) is 0 Å². The van der Waals surface area contributed by atoms with Crippen LogP contribution in [0.1, 0.15) is 5.56 Å². The van der Waals surface area contributed by atoms with Gasteiger partial charge in [-0.1, -0.05) is 0 Å². The van der Waals surface area contributed by atoms with E-state index in [4.69, 9.17) is 5.73 Å². The van der Waals surface area contributed by atoms with Crippen molar-refractivity contribution in [3.05, 3.63) is 33.9 Å². The highest BCUT2D eigenvalue weighted by Crippen LogP contribution is 2.20. The molecule has 1 aromatic carbocycles. The van der Waals surface area contributed by atoms with E-state index in [1.54, 1.807) is 26.0 Å². The molecule has 1 aromatic rings. The summed E-state index contributed by atoms with van der Waals surface area (Å²) in [6.07, 6.45) is 0. The van der Waals surface area contributed by atoms with E-state index in [0.29, 0.717) is 17.1 Å². The van der Waals surface area contributed by atoms with Gasteiger partial charge in [0.05, 0.1) is 4.92 Å². The van der Waals surface area contributed by atoms with Gasteiger partial charge in [0, 0.05) is 44.5 Å². The smallest absolute Gasteiger partial charge is 0.270 e. The molecule has 0 atom stereocenters. The number of nitro groups is 1. The van der Waals surface area contributed by atoms with E-state index < -0.39 is 4.92 Å². The van der Waals surface area contributed by atoms with Crippen molar-refractivity contribution in [1.82, 2.24) is 4.90 Å². The zero-order valence-electron chi connectivity index (χ0n) is 9.47. The number of amidine groups is 1. The fourth-order valence-corrected chi connectivity index (χ4v) is 1.41. The molecule has 0 saturated heterocycles. The molecule has 0 amide bonds.